The van der Waals surface area contributed by atoms with Gasteiger partial charge in [0.1, 0.15) is 26.7 Å². The molecule has 8 aromatic rings. The van der Waals surface area contributed by atoms with Gasteiger partial charge in [0.15, 0.2) is 5.82 Å². The Morgan fingerprint density at radius 2 is 0.903 bits per heavy atom. The number of H-pyrrole nitrogens is 1. The normalized spacial score (nSPS) is 11.9. The molecule has 0 aliphatic heterocycles. The second-order valence-electron chi connectivity index (χ2n) is 27.0. The third kappa shape index (κ3) is 25.1. The van der Waals surface area contributed by atoms with Gasteiger partial charge in [-0.15, -0.1) is 5.10 Å². The van der Waals surface area contributed by atoms with Crippen LogP contribution in [0.15, 0.2) is 170 Å². The predicted octanol–water partition coefficient (Wildman–Crippen LogP) is 7.15. The average molecular weight is 1420 g/mol. The number of hydrogen-bond acceptors (Lipinski definition) is 15. The molecule has 24 heteroatoms. The molecule has 490 valence electrons. The van der Waals surface area contributed by atoms with Gasteiger partial charge in [0, 0.05) is 42.4 Å². The summed E-state index contributed by atoms with van der Waals surface area (Å²) in [5.41, 5.74) is -1.24. The van der Waals surface area contributed by atoms with Crippen LogP contribution in [0.1, 0.15) is 133 Å². The van der Waals surface area contributed by atoms with Crippen LogP contribution in [0.4, 0.5) is 0 Å². The molecule has 8 rings (SSSR count). The Kier molecular flexibility index (Phi) is 33.3. The predicted molar refractivity (Wildman–Crippen MR) is 364 cm³/mol. The maximum absolute atomic E-state index is 12.4. The third-order valence-electron chi connectivity index (χ3n) is 13.6. The molecular weight excluding hydrogens is 1330 g/mol. The van der Waals surface area contributed by atoms with Crippen molar-refractivity contribution in [3.05, 3.63) is 197 Å². The second-order valence-corrected chi connectivity index (χ2v) is 36.7. The molecule has 93 heavy (non-hydrogen) atoms. The molecule has 0 spiro atoms. The van der Waals surface area contributed by atoms with Crippen LogP contribution in [0.5, 0.6) is 11.8 Å². The Labute approximate surface area is 652 Å². The minimum Gasteiger partial charge on any atom is -1.00 e. The molecule has 0 saturated heterocycles. The van der Waals surface area contributed by atoms with Crippen molar-refractivity contribution in [3.8, 4) is 17.6 Å². The first-order valence-electron chi connectivity index (χ1n) is 29.6. The summed E-state index contributed by atoms with van der Waals surface area (Å²) >= 11 is 17.7. The van der Waals surface area contributed by atoms with E-state index in [1.54, 1.807) is 76.8 Å². The maximum Gasteiger partial charge on any atom is 1.00 e. The number of ether oxygens (including phenoxy) is 4. The summed E-state index contributed by atoms with van der Waals surface area (Å²) < 4.78 is 38.3. The Morgan fingerprint density at radius 1 is 0.527 bits per heavy atom. The summed E-state index contributed by atoms with van der Waals surface area (Å²) in [4.78, 5) is 43.4. The van der Waals surface area contributed by atoms with Gasteiger partial charge in [0.05, 0.1) is 30.5 Å². The van der Waals surface area contributed by atoms with E-state index >= 15 is 0 Å². The summed E-state index contributed by atoms with van der Waals surface area (Å²) in [6.45, 7) is 35.0. The van der Waals surface area contributed by atoms with Gasteiger partial charge in [-0.25, -0.2) is 29.3 Å². The molecule has 0 radical (unpaired) electrons. The minimum absolute atomic E-state index is 0. The third-order valence-corrected chi connectivity index (χ3v) is 24.4. The fraction of sp³-hybridized carbons (Fsp3) is 0.377. The van der Waals surface area contributed by atoms with Crippen molar-refractivity contribution < 1.29 is 157 Å². The monoisotopic (exact) mass is 1410 g/mol. The number of pyridine rings is 2. The van der Waals surface area contributed by atoms with E-state index in [-0.39, 0.29) is 158 Å². The fourth-order valence-corrected chi connectivity index (χ4v) is 19.7. The first kappa shape index (κ1) is 83.3. The molecule has 0 amide bonds. The van der Waals surface area contributed by atoms with Crippen molar-refractivity contribution in [2.45, 2.75) is 132 Å². The Morgan fingerprint density at radius 3 is 1.24 bits per heavy atom. The summed E-state index contributed by atoms with van der Waals surface area (Å²) in [5.74, 6) is 0.567. The number of benzene rings is 4. The van der Waals surface area contributed by atoms with Crippen molar-refractivity contribution in [1.82, 2.24) is 29.9 Å². The minimum atomic E-state index is -2.67. The van der Waals surface area contributed by atoms with E-state index in [2.05, 4.69) is 209 Å². The van der Waals surface area contributed by atoms with E-state index in [4.69, 9.17) is 72.7 Å². The number of hydrogen-bond donors (Lipinski definition) is 1. The molecule has 1 N–H and O–H groups in total. The van der Waals surface area contributed by atoms with E-state index in [9.17, 15) is 9.59 Å². The van der Waals surface area contributed by atoms with E-state index in [1.807, 2.05) is 18.2 Å². The topological polar surface area (TPSA) is 211 Å². The molecule has 0 bridgehead atoms. The maximum atomic E-state index is 12.4. The quantitative estimate of drug-likeness (QED) is 0.0201. The van der Waals surface area contributed by atoms with Crippen molar-refractivity contribution in [1.29, 1.82) is 0 Å². The zero-order valence-corrected chi connectivity index (χ0v) is 67.4. The number of nitrogens with one attached hydrogen (secondary N) is 1. The molecular formula is C69H87Cl3K2N6O11Si2. The molecule has 0 atom stereocenters. The van der Waals surface area contributed by atoms with Crippen LogP contribution in [0.3, 0.4) is 0 Å². The number of carbonyl (C=O) groups excluding carboxylic acids is 3. The molecule has 4 aromatic heterocycles. The van der Waals surface area contributed by atoms with Crippen LogP contribution < -0.4 is 138 Å². The SMILES string of the molecule is CC(C)(C)OC(=O)c1ccc(Cl)nc1Cl.CC(C)(COc1ccn(-c2ccc(C(=O)OC(C)(C)C)c(Cl)n2)n1)CO[Si](c1ccccc1)(c1ccccc1)C(C)(C)C.CC(C)(COc1ccn[nH]1)CO[Si](c1ccccc1)(c1ccccc1)C(C)(C)C.O=CO[O-].[H-].[K+].[K+]. The van der Waals surface area contributed by atoms with Crippen molar-refractivity contribution >= 4 is 90.6 Å². The first-order chi connectivity index (χ1) is 42.6. The van der Waals surface area contributed by atoms with E-state index < -0.39 is 39.8 Å². The smallest absolute Gasteiger partial charge is 1.00 e. The summed E-state index contributed by atoms with van der Waals surface area (Å²) in [6.07, 6.45) is 3.44. The molecule has 4 heterocycles. The molecule has 0 aliphatic carbocycles. The van der Waals surface area contributed by atoms with Crippen LogP contribution >= 0.6 is 34.8 Å². The molecule has 0 unspecified atom stereocenters. The van der Waals surface area contributed by atoms with Crippen LogP contribution in [-0.4, -0.2) is 103 Å². The van der Waals surface area contributed by atoms with Crippen LogP contribution in [0.2, 0.25) is 25.5 Å². The molecule has 0 fully saturated rings. The van der Waals surface area contributed by atoms with Gasteiger partial charge in [0.2, 0.25) is 11.8 Å². The van der Waals surface area contributed by atoms with Gasteiger partial charge >= 0.3 is 115 Å². The zero-order valence-electron chi connectivity index (χ0n) is 57.9. The van der Waals surface area contributed by atoms with E-state index in [1.165, 1.54) is 32.9 Å². The Bertz CT molecular complexity index is 3480. The van der Waals surface area contributed by atoms with E-state index in [0.717, 1.165) is 0 Å². The van der Waals surface area contributed by atoms with Crippen LogP contribution in [0, 0.1) is 10.8 Å². The molecule has 0 saturated carbocycles. The van der Waals surface area contributed by atoms with Crippen LogP contribution in [-0.2, 0) is 28.0 Å². The second kappa shape index (κ2) is 37.1. The number of aromatic nitrogens is 6. The van der Waals surface area contributed by atoms with Gasteiger partial charge in [0.25, 0.3) is 23.1 Å². The number of carbonyl (C=O) groups is 3. The summed E-state index contributed by atoms with van der Waals surface area (Å²) in [5, 5.41) is 25.0. The summed E-state index contributed by atoms with van der Waals surface area (Å²) in [7, 11) is -5.20. The van der Waals surface area contributed by atoms with Crippen molar-refractivity contribution in [2.24, 2.45) is 10.8 Å². The van der Waals surface area contributed by atoms with E-state index in [0.29, 0.717) is 44.0 Å². The van der Waals surface area contributed by atoms with Gasteiger partial charge in [-0.1, -0.05) is 225 Å². The van der Waals surface area contributed by atoms with Crippen LogP contribution in [0.25, 0.3) is 5.82 Å². The van der Waals surface area contributed by atoms with Gasteiger partial charge in [-0.05, 0) is 96.6 Å². The average Bonchev–Trinajstić information content (AvgIpc) is 0.898. The zero-order chi connectivity index (χ0) is 67.5. The Balaban J connectivity index is 0.000000507. The van der Waals surface area contributed by atoms with Gasteiger partial charge in [-0.3, -0.25) is 4.79 Å². The number of rotatable bonds is 20. The summed E-state index contributed by atoms with van der Waals surface area (Å²) in [6, 6.07) is 52.6. The standard InChI is InChI=1S/C34H42ClN3O4Si.C24H32N2O2Si.C10H11Cl2NO2.CH2O3.2K.H/c1-32(2,3)42-31(39)27-19-20-28(36-30(27)35)38-22-21-29(37-38)40-23-34(7,8)24-41-43(33(4,5)6,25-15-11-9-12-16-25)26-17-13-10-14-18-26;1-23(2,3)29(20-12-8-6-9-13-20,21-14-10-7-11-15-21)28-19-24(4,5)18-27-22-16-17-25-26-22;1-10(2,3)15-9(14)6-4-5-7(11)13-8(6)12;2-1-4-3;;;/h9-22H,23-24H2,1-8H3;6-17H,18-19H2,1-5H3,(H,25,26);4-5H,1-3H3;1,3H;;;/q;;;;2*+1;-1/p-1. The molecule has 0 aliphatic rings. The Hall–Kier alpha value is -3.93. The first-order valence-corrected chi connectivity index (χ1v) is 34.5. The van der Waals surface area contributed by atoms with Gasteiger partial charge < -0.3 is 39.4 Å². The number of esters is 2. The number of halogens is 3. The van der Waals surface area contributed by atoms with Crippen molar-refractivity contribution in [3.63, 3.8) is 0 Å². The molecule has 17 nitrogen and oxygen atoms in total. The number of aromatic amines is 1. The van der Waals surface area contributed by atoms with Crippen molar-refractivity contribution in [2.75, 3.05) is 26.4 Å². The van der Waals surface area contributed by atoms with Gasteiger partial charge in [-0.2, -0.15) is 5.10 Å². The largest absolute Gasteiger partial charge is 1.00 e. The molecule has 4 aromatic carbocycles. The fourth-order valence-electron chi connectivity index (χ4n) is 9.53. The number of nitrogens with zero attached hydrogens (tertiary/aromatic N) is 5.